The van der Waals surface area contributed by atoms with Gasteiger partial charge >= 0.3 is 0 Å². The van der Waals surface area contributed by atoms with E-state index in [-0.39, 0.29) is 6.17 Å². The third-order valence-electron chi connectivity index (χ3n) is 6.47. The van der Waals surface area contributed by atoms with Crippen LogP contribution in [0.4, 0.5) is 17.1 Å². The highest BCUT2D eigenvalue weighted by atomic mass is 16.3. The standard InChI is InChI=1S/C26H22N2O/c1-16-22(28-17(2)27(3)23-10-6-7-11-24(23)28)15-14-20-21-13-12-18-8-4-5-9-19(18)26(21)29-25(16)20/h4-15,17H,1-3H3/t17-/m0/s1. The van der Waals surface area contributed by atoms with Crippen LogP contribution >= 0.6 is 0 Å². The molecule has 6 rings (SSSR count). The molecule has 0 aliphatic carbocycles. The number of nitrogens with zero attached hydrogens (tertiary/aromatic N) is 2. The highest BCUT2D eigenvalue weighted by Crippen LogP contribution is 2.46. The molecule has 0 N–H and O–H groups in total. The van der Waals surface area contributed by atoms with Gasteiger partial charge < -0.3 is 14.2 Å². The van der Waals surface area contributed by atoms with Crippen LogP contribution in [-0.4, -0.2) is 13.2 Å². The summed E-state index contributed by atoms with van der Waals surface area (Å²) in [5.41, 5.74) is 6.84. The van der Waals surface area contributed by atoms with Crippen LogP contribution in [0.5, 0.6) is 0 Å². The van der Waals surface area contributed by atoms with Gasteiger partial charge in [0.2, 0.25) is 0 Å². The Hall–Kier alpha value is -3.46. The van der Waals surface area contributed by atoms with Gasteiger partial charge in [-0.2, -0.15) is 0 Å². The molecule has 0 saturated heterocycles. The molecule has 29 heavy (non-hydrogen) atoms. The van der Waals surface area contributed by atoms with Gasteiger partial charge in [-0.1, -0.05) is 42.5 Å². The number of fused-ring (bicyclic) bond motifs is 6. The van der Waals surface area contributed by atoms with E-state index in [0.29, 0.717) is 0 Å². The van der Waals surface area contributed by atoms with Gasteiger partial charge in [-0.05, 0) is 49.6 Å². The highest BCUT2D eigenvalue weighted by Gasteiger charge is 2.32. The lowest BCUT2D eigenvalue weighted by Gasteiger charge is -2.29. The molecule has 0 spiro atoms. The second kappa shape index (κ2) is 5.77. The lowest BCUT2D eigenvalue weighted by molar-refractivity contribution is 0.668. The summed E-state index contributed by atoms with van der Waals surface area (Å²) in [6, 6.07) is 25.9. The van der Waals surface area contributed by atoms with E-state index >= 15 is 0 Å². The Balaban J connectivity index is 1.63. The fourth-order valence-electron chi connectivity index (χ4n) is 4.83. The molecule has 5 aromatic rings. The second-order valence-electron chi connectivity index (χ2n) is 7.95. The zero-order valence-electron chi connectivity index (χ0n) is 16.8. The molecule has 0 saturated carbocycles. The van der Waals surface area contributed by atoms with Crippen molar-refractivity contribution in [2.45, 2.75) is 20.0 Å². The maximum Gasteiger partial charge on any atom is 0.143 e. The Morgan fingerprint density at radius 3 is 2.24 bits per heavy atom. The topological polar surface area (TPSA) is 19.6 Å². The lowest BCUT2D eigenvalue weighted by atomic mass is 10.0. The number of hydrogen-bond donors (Lipinski definition) is 0. The van der Waals surface area contributed by atoms with Crippen molar-refractivity contribution in [1.82, 2.24) is 0 Å². The van der Waals surface area contributed by atoms with Crippen molar-refractivity contribution in [2.75, 3.05) is 16.8 Å². The minimum absolute atomic E-state index is 0.244. The number of rotatable bonds is 1. The smallest absolute Gasteiger partial charge is 0.143 e. The molecule has 0 fully saturated rings. The summed E-state index contributed by atoms with van der Waals surface area (Å²) in [7, 11) is 2.16. The summed E-state index contributed by atoms with van der Waals surface area (Å²) in [5, 5.41) is 4.74. The first kappa shape index (κ1) is 16.5. The Labute approximate surface area is 169 Å². The fourth-order valence-corrected chi connectivity index (χ4v) is 4.83. The lowest BCUT2D eigenvalue weighted by Crippen LogP contribution is -2.35. The summed E-state index contributed by atoms with van der Waals surface area (Å²) in [5.74, 6) is 0. The van der Waals surface area contributed by atoms with Crippen LogP contribution in [0.25, 0.3) is 32.7 Å². The number of benzene rings is 4. The minimum Gasteiger partial charge on any atom is -0.455 e. The molecule has 0 unspecified atom stereocenters. The van der Waals surface area contributed by atoms with Gasteiger partial charge in [0.25, 0.3) is 0 Å². The number of aryl methyl sites for hydroxylation is 1. The first-order chi connectivity index (χ1) is 14.1. The van der Waals surface area contributed by atoms with Crippen LogP contribution in [0.2, 0.25) is 0 Å². The van der Waals surface area contributed by atoms with Crippen LogP contribution in [0.3, 0.4) is 0 Å². The van der Waals surface area contributed by atoms with E-state index in [4.69, 9.17) is 4.42 Å². The molecular formula is C26H22N2O. The number of hydrogen-bond acceptors (Lipinski definition) is 3. The zero-order valence-corrected chi connectivity index (χ0v) is 16.8. The van der Waals surface area contributed by atoms with Crippen LogP contribution in [-0.2, 0) is 0 Å². The zero-order chi connectivity index (χ0) is 19.7. The van der Waals surface area contributed by atoms with Gasteiger partial charge in [-0.25, -0.2) is 0 Å². The van der Waals surface area contributed by atoms with E-state index in [2.05, 4.69) is 103 Å². The van der Waals surface area contributed by atoms with Gasteiger partial charge in [0, 0.05) is 34.5 Å². The average molecular weight is 378 g/mol. The normalized spacial score (nSPS) is 16.3. The van der Waals surface area contributed by atoms with Gasteiger partial charge in [-0.15, -0.1) is 0 Å². The second-order valence-corrected chi connectivity index (χ2v) is 7.95. The summed E-state index contributed by atoms with van der Waals surface area (Å²) in [6.07, 6.45) is 0.244. The maximum absolute atomic E-state index is 6.51. The van der Waals surface area contributed by atoms with E-state index in [1.54, 1.807) is 0 Å². The maximum atomic E-state index is 6.51. The SMILES string of the molecule is Cc1c(N2c3ccccc3N(C)[C@@H]2C)ccc2c1oc1c3ccccc3ccc21. The number of anilines is 3. The largest absolute Gasteiger partial charge is 0.455 e. The van der Waals surface area contributed by atoms with Gasteiger partial charge in [0.1, 0.15) is 17.3 Å². The molecule has 1 aromatic heterocycles. The molecule has 4 aromatic carbocycles. The molecule has 3 heteroatoms. The number of furan rings is 1. The fraction of sp³-hybridized carbons (Fsp3) is 0.154. The molecule has 3 nitrogen and oxygen atoms in total. The van der Waals surface area contributed by atoms with Crippen molar-refractivity contribution >= 4 is 49.8 Å². The summed E-state index contributed by atoms with van der Waals surface area (Å²) in [6.45, 7) is 4.42. The molecular weight excluding hydrogens is 356 g/mol. The quantitative estimate of drug-likeness (QED) is 0.314. The van der Waals surface area contributed by atoms with Gasteiger partial charge in [0.15, 0.2) is 0 Å². The van der Waals surface area contributed by atoms with Gasteiger partial charge in [-0.3, -0.25) is 0 Å². The third kappa shape index (κ3) is 2.13. The Bertz CT molecular complexity index is 1410. The van der Waals surface area contributed by atoms with E-state index in [1.165, 1.54) is 44.2 Å². The van der Waals surface area contributed by atoms with Crippen LogP contribution < -0.4 is 9.80 Å². The Kier molecular flexibility index (Phi) is 3.28. The monoisotopic (exact) mass is 378 g/mol. The van der Waals surface area contributed by atoms with E-state index < -0.39 is 0 Å². The Morgan fingerprint density at radius 2 is 1.38 bits per heavy atom. The van der Waals surface area contributed by atoms with Crippen molar-refractivity contribution in [3.05, 3.63) is 78.4 Å². The molecule has 142 valence electrons. The predicted molar refractivity (Wildman–Crippen MR) is 122 cm³/mol. The van der Waals surface area contributed by atoms with Crippen molar-refractivity contribution in [3.63, 3.8) is 0 Å². The molecule has 2 heterocycles. The van der Waals surface area contributed by atoms with Crippen LogP contribution in [0.15, 0.2) is 77.2 Å². The molecule has 0 amide bonds. The third-order valence-corrected chi connectivity index (χ3v) is 6.47. The first-order valence-electron chi connectivity index (χ1n) is 10.1. The van der Waals surface area contributed by atoms with Crippen molar-refractivity contribution < 1.29 is 4.42 Å². The number of para-hydroxylation sites is 2. The minimum atomic E-state index is 0.244. The van der Waals surface area contributed by atoms with Crippen molar-refractivity contribution in [2.24, 2.45) is 0 Å². The first-order valence-corrected chi connectivity index (χ1v) is 10.1. The van der Waals surface area contributed by atoms with Crippen molar-refractivity contribution in [3.8, 4) is 0 Å². The van der Waals surface area contributed by atoms with Crippen LogP contribution in [0, 0.1) is 6.92 Å². The predicted octanol–water partition coefficient (Wildman–Crippen LogP) is 6.98. The highest BCUT2D eigenvalue weighted by molar-refractivity contribution is 6.16. The average Bonchev–Trinajstić information content (AvgIpc) is 3.26. The molecule has 1 aliphatic heterocycles. The molecule has 1 atom stereocenters. The van der Waals surface area contributed by atoms with Gasteiger partial charge in [0.05, 0.1) is 11.4 Å². The summed E-state index contributed by atoms with van der Waals surface area (Å²) < 4.78 is 6.51. The summed E-state index contributed by atoms with van der Waals surface area (Å²) in [4.78, 5) is 4.74. The Morgan fingerprint density at radius 1 is 0.690 bits per heavy atom. The molecule has 0 bridgehead atoms. The van der Waals surface area contributed by atoms with E-state index in [1.807, 2.05) is 0 Å². The summed E-state index contributed by atoms with van der Waals surface area (Å²) >= 11 is 0. The van der Waals surface area contributed by atoms with Crippen molar-refractivity contribution in [1.29, 1.82) is 0 Å². The van der Waals surface area contributed by atoms with Crippen LogP contribution in [0.1, 0.15) is 12.5 Å². The molecule has 1 aliphatic rings. The molecule has 0 radical (unpaired) electrons. The van der Waals surface area contributed by atoms with E-state index in [9.17, 15) is 0 Å². The van der Waals surface area contributed by atoms with E-state index in [0.717, 1.165) is 11.2 Å².